The predicted octanol–water partition coefficient (Wildman–Crippen LogP) is 4.84. The molecule has 0 radical (unpaired) electrons. The Hall–Kier alpha value is 0.490. The zero-order valence-corrected chi connectivity index (χ0v) is 13.6. The highest BCUT2D eigenvalue weighted by Crippen LogP contribution is 2.31. The lowest BCUT2D eigenvalue weighted by Crippen LogP contribution is -2.41. The topological polar surface area (TPSA) is 12.0 Å². The standard InChI is InChI=1S/C13H20BrNS2/c1-9(11-7-8-13(14)17-11)15-10-5-3-4-6-12(10)16-2/h7-10,12,15H,3-6H2,1-2H3. The van der Waals surface area contributed by atoms with Gasteiger partial charge in [0.05, 0.1) is 3.79 Å². The fourth-order valence-corrected chi connectivity index (χ4v) is 4.91. The van der Waals surface area contributed by atoms with Crippen LogP contribution >= 0.6 is 39.0 Å². The van der Waals surface area contributed by atoms with E-state index in [9.17, 15) is 0 Å². The fourth-order valence-electron chi connectivity index (χ4n) is 2.53. The van der Waals surface area contributed by atoms with Crippen molar-refractivity contribution in [3.05, 3.63) is 20.8 Å². The lowest BCUT2D eigenvalue weighted by Gasteiger charge is -2.33. The van der Waals surface area contributed by atoms with E-state index >= 15 is 0 Å². The molecule has 0 saturated heterocycles. The van der Waals surface area contributed by atoms with Crippen LogP contribution in [0.5, 0.6) is 0 Å². The lowest BCUT2D eigenvalue weighted by molar-refractivity contribution is 0.358. The molecule has 1 aliphatic rings. The van der Waals surface area contributed by atoms with Crippen LogP contribution in [-0.2, 0) is 0 Å². The van der Waals surface area contributed by atoms with Crippen LogP contribution in [0, 0.1) is 0 Å². The van der Waals surface area contributed by atoms with E-state index in [0.29, 0.717) is 12.1 Å². The van der Waals surface area contributed by atoms with Crippen molar-refractivity contribution in [2.75, 3.05) is 6.26 Å². The molecular weight excluding hydrogens is 314 g/mol. The third-order valence-electron chi connectivity index (χ3n) is 3.49. The van der Waals surface area contributed by atoms with Gasteiger partial charge in [-0.2, -0.15) is 11.8 Å². The van der Waals surface area contributed by atoms with Gasteiger partial charge in [0.2, 0.25) is 0 Å². The summed E-state index contributed by atoms with van der Waals surface area (Å²) in [5, 5.41) is 4.62. The van der Waals surface area contributed by atoms with Gasteiger partial charge in [-0.05, 0) is 54.1 Å². The summed E-state index contributed by atoms with van der Waals surface area (Å²) < 4.78 is 1.23. The number of rotatable bonds is 4. The van der Waals surface area contributed by atoms with Gasteiger partial charge in [0.1, 0.15) is 0 Å². The zero-order valence-electron chi connectivity index (χ0n) is 10.4. The van der Waals surface area contributed by atoms with Crippen LogP contribution < -0.4 is 5.32 Å². The van der Waals surface area contributed by atoms with Crippen LogP contribution in [0.2, 0.25) is 0 Å². The average Bonchev–Trinajstić information content (AvgIpc) is 2.77. The van der Waals surface area contributed by atoms with E-state index in [1.165, 1.54) is 34.3 Å². The summed E-state index contributed by atoms with van der Waals surface area (Å²) in [6.45, 7) is 2.28. The van der Waals surface area contributed by atoms with Crippen LogP contribution in [0.15, 0.2) is 15.9 Å². The van der Waals surface area contributed by atoms with Gasteiger partial charge in [-0.3, -0.25) is 0 Å². The molecule has 0 amide bonds. The van der Waals surface area contributed by atoms with Crippen molar-refractivity contribution in [3.8, 4) is 0 Å². The summed E-state index contributed by atoms with van der Waals surface area (Å²) in [6, 6.07) is 5.53. The molecule has 1 heterocycles. The normalized spacial score (nSPS) is 27.0. The molecule has 3 unspecified atom stereocenters. The van der Waals surface area contributed by atoms with E-state index in [2.05, 4.69) is 46.6 Å². The molecule has 1 aromatic rings. The third-order valence-corrected chi connectivity index (χ3v) is 6.47. The SMILES string of the molecule is CSC1CCCCC1NC(C)c1ccc(Br)s1. The molecule has 3 atom stereocenters. The molecular formula is C13H20BrNS2. The Bertz CT molecular complexity index is 353. The predicted molar refractivity (Wildman–Crippen MR) is 83.1 cm³/mol. The van der Waals surface area contributed by atoms with Gasteiger partial charge in [-0.15, -0.1) is 11.3 Å². The van der Waals surface area contributed by atoms with E-state index in [4.69, 9.17) is 0 Å². The Labute approximate surface area is 121 Å². The molecule has 1 aromatic heterocycles. The summed E-state index contributed by atoms with van der Waals surface area (Å²) in [4.78, 5) is 1.43. The molecule has 96 valence electrons. The van der Waals surface area contributed by atoms with Gasteiger partial charge in [-0.1, -0.05) is 12.8 Å². The lowest BCUT2D eigenvalue weighted by atomic mass is 9.94. The van der Waals surface area contributed by atoms with Crippen LogP contribution in [0.3, 0.4) is 0 Å². The minimum absolute atomic E-state index is 0.476. The fraction of sp³-hybridized carbons (Fsp3) is 0.692. The molecule has 0 bridgehead atoms. The molecule has 2 rings (SSSR count). The molecule has 0 aliphatic heterocycles. The summed E-state index contributed by atoms with van der Waals surface area (Å²) in [5.41, 5.74) is 0. The Morgan fingerprint density at radius 3 is 2.82 bits per heavy atom. The number of thioether (sulfide) groups is 1. The number of halogens is 1. The van der Waals surface area contributed by atoms with Crippen molar-refractivity contribution in [1.29, 1.82) is 0 Å². The second-order valence-electron chi connectivity index (χ2n) is 4.70. The Morgan fingerprint density at radius 1 is 1.41 bits per heavy atom. The zero-order chi connectivity index (χ0) is 12.3. The minimum atomic E-state index is 0.476. The molecule has 4 heteroatoms. The van der Waals surface area contributed by atoms with Gasteiger partial charge >= 0.3 is 0 Å². The van der Waals surface area contributed by atoms with Gasteiger partial charge < -0.3 is 5.32 Å². The van der Waals surface area contributed by atoms with Gasteiger partial charge in [-0.25, -0.2) is 0 Å². The Balaban J connectivity index is 1.94. The van der Waals surface area contributed by atoms with Crippen LogP contribution in [-0.4, -0.2) is 17.5 Å². The number of hydrogen-bond acceptors (Lipinski definition) is 3. The first kappa shape index (κ1) is 13.9. The van der Waals surface area contributed by atoms with Crippen LogP contribution in [0.25, 0.3) is 0 Å². The molecule has 0 aromatic carbocycles. The molecule has 1 saturated carbocycles. The largest absolute Gasteiger partial charge is 0.306 e. The molecule has 1 nitrogen and oxygen atoms in total. The molecule has 0 spiro atoms. The second-order valence-corrected chi connectivity index (χ2v) is 8.27. The Morgan fingerprint density at radius 2 is 2.18 bits per heavy atom. The number of nitrogens with one attached hydrogen (secondary N) is 1. The van der Waals surface area contributed by atoms with Crippen LogP contribution in [0.4, 0.5) is 0 Å². The second kappa shape index (κ2) is 6.60. The van der Waals surface area contributed by atoms with Crippen molar-refractivity contribution < 1.29 is 0 Å². The molecule has 17 heavy (non-hydrogen) atoms. The first-order valence-electron chi connectivity index (χ1n) is 6.25. The van der Waals surface area contributed by atoms with Gasteiger partial charge in [0.15, 0.2) is 0 Å². The minimum Gasteiger partial charge on any atom is -0.306 e. The maximum atomic E-state index is 3.82. The Kier molecular flexibility index (Phi) is 5.40. The first-order chi connectivity index (χ1) is 8.20. The highest BCUT2D eigenvalue weighted by molar-refractivity contribution is 9.11. The quantitative estimate of drug-likeness (QED) is 0.846. The van der Waals surface area contributed by atoms with Crippen molar-refractivity contribution in [2.24, 2.45) is 0 Å². The summed E-state index contributed by atoms with van der Waals surface area (Å²) >= 11 is 7.41. The average molecular weight is 334 g/mol. The van der Waals surface area contributed by atoms with Gasteiger partial charge in [0.25, 0.3) is 0 Å². The highest BCUT2D eigenvalue weighted by atomic mass is 79.9. The maximum Gasteiger partial charge on any atom is 0.0701 e. The summed E-state index contributed by atoms with van der Waals surface area (Å²) in [5.74, 6) is 0. The summed E-state index contributed by atoms with van der Waals surface area (Å²) in [7, 11) is 0. The first-order valence-corrected chi connectivity index (χ1v) is 9.14. The maximum absolute atomic E-state index is 3.82. The third kappa shape index (κ3) is 3.72. The number of hydrogen-bond donors (Lipinski definition) is 1. The number of thiophene rings is 1. The van der Waals surface area contributed by atoms with E-state index in [1.54, 1.807) is 0 Å². The highest BCUT2D eigenvalue weighted by Gasteiger charge is 2.25. The van der Waals surface area contributed by atoms with Crippen molar-refractivity contribution in [3.63, 3.8) is 0 Å². The van der Waals surface area contributed by atoms with Crippen LogP contribution in [0.1, 0.15) is 43.5 Å². The van der Waals surface area contributed by atoms with Crippen molar-refractivity contribution in [2.45, 2.75) is 49.9 Å². The molecule has 1 aliphatic carbocycles. The summed E-state index contributed by atoms with van der Waals surface area (Å²) in [6.07, 6.45) is 7.75. The van der Waals surface area contributed by atoms with Crippen molar-refractivity contribution in [1.82, 2.24) is 5.32 Å². The smallest absolute Gasteiger partial charge is 0.0701 e. The molecule has 1 fully saturated rings. The van der Waals surface area contributed by atoms with E-state index in [1.807, 2.05) is 23.1 Å². The molecule has 1 N–H and O–H groups in total. The van der Waals surface area contributed by atoms with Gasteiger partial charge in [0, 0.05) is 22.2 Å². The van der Waals surface area contributed by atoms with Crippen molar-refractivity contribution >= 4 is 39.0 Å². The monoisotopic (exact) mass is 333 g/mol. The van der Waals surface area contributed by atoms with E-state index in [-0.39, 0.29) is 0 Å². The van der Waals surface area contributed by atoms with E-state index in [0.717, 1.165) is 5.25 Å². The van der Waals surface area contributed by atoms with E-state index < -0.39 is 0 Å².